The molecule has 1 amide bonds. The Morgan fingerprint density at radius 2 is 1.97 bits per heavy atom. The van der Waals surface area contributed by atoms with E-state index < -0.39 is 0 Å². The Labute approximate surface area is 180 Å². The number of aromatic nitrogens is 7. The third kappa shape index (κ3) is 4.16. The van der Waals surface area contributed by atoms with Gasteiger partial charge in [-0.25, -0.2) is 14.5 Å². The van der Waals surface area contributed by atoms with Gasteiger partial charge in [0, 0.05) is 35.5 Å². The van der Waals surface area contributed by atoms with Crippen LogP contribution >= 0.6 is 0 Å². The lowest BCUT2D eigenvalue weighted by Gasteiger charge is -2.13. The standard InChI is InChI=1S/C22H26N8O/c1-14-16(15(2)29-21(26-14)24-13-25-29)9-10-20(31)27-19-12-17(22(3,4)5)28-30(19)18-8-6-7-11-23-18/h6-8,11-13H,9-10H2,1-5H3,(H,27,31). The first-order valence-electron chi connectivity index (χ1n) is 10.2. The van der Waals surface area contributed by atoms with Gasteiger partial charge in [0.15, 0.2) is 5.82 Å². The van der Waals surface area contributed by atoms with E-state index >= 15 is 0 Å². The van der Waals surface area contributed by atoms with Gasteiger partial charge < -0.3 is 5.32 Å². The maximum absolute atomic E-state index is 12.8. The van der Waals surface area contributed by atoms with Gasteiger partial charge in [0.2, 0.25) is 5.91 Å². The van der Waals surface area contributed by atoms with Crippen molar-refractivity contribution in [2.24, 2.45) is 0 Å². The highest BCUT2D eigenvalue weighted by atomic mass is 16.1. The Kier molecular flexibility index (Phi) is 5.26. The Balaban J connectivity index is 1.56. The molecule has 0 unspecified atom stereocenters. The summed E-state index contributed by atoms with van der Waals surface area (Å²) in [6.07, 6.45) is 4.05. The molecule has 9 nitrogen and oxygen atoms in total. The van der Waals surface area contributed by atoms with Crippen molar-refractivity contribution in [1.82, 2.24) is 34.3 Å². The second-order valence-electron chi connectivity index (χ2n) is 8.55. The molecule has 0 aromatic carbocycles. The monoisotopic (exact) mass is 418 g/mol. The van der Waals surface area contributed by atoms with E-state index in [9.17, 15) is 4.79 Å². The molecule has 4 aromatic heterocycles. The second kappa shape index (κ2) is 7.90. The average Bonchev–Trinajstić information content (AvgIpc) is 3.35. The fraction of sp³-hybridized carbons (Fsp3) is 0.364. The lowest BCUT2D eigenvalue weighted by molar-refractivity contribution is -0.116. The molecule has 160 valence electrons. The number of nitrogens with zero attached hydrogens (tertiary/aromatic N) is 7. The summed E-state index contributed by atoms with van der Waals surface area (Å²) in [6.45, 7) is 10.2. The molecule has 0 aliphatic heterocycles. The molecule has 4 heterocycles. The van der Waals surface area contributed by atoms with Gasteiger partial charge in [-0.15, -0.1) is 0 Å². The molecule has 1 N–H and O–H groups in total. The summed E-state index contributed by atoms with van der Waals surface area (Å²) in [5, 5.41) is 11.9. The van der Waals surface area contributed by atoms with Crippen molar-refractivity contribution >= 4 is 17.5 Å². The number of aryl methyl sites for hydroxylation is 2. The first-order chi connectivity index (χ1) is 14.7. The van der Waals surface area contributed by atoms with E-state index in [-0.39, 0.29) is 11.3 Å². The van der Waals surface area contributed by atoms with E-state index in [4.69, 9.17) is 5.10 Å². The van der Waals surface area contributed by atoms with Crippen LogP contribution in [0, 0.1) is 13.8 Å². The van der Waals surface area contributed by atoms with Gasteiger partial charge in [0.05, 0.1) is 5.69 Å². The van der Waals surface area contributed by atoms with Crippen LogP contribution in [-0.2, 0) is 16.6 Å². The van der Waals surface area contributed by atoms with E-state index in [0.29, 0.717) is 30.3 Å². The number of fused-ring (bicyclic) bond motifs is 1. The highest BCUT2D eigenvalue weighted by Crippen LogP contribution is 2.26. The lowest BCUT2D eigenvalue weighted by atomic mass is 9.92. The van der Waals surface area contributed by atoms with Crippen LogP contribution in [0.15, 0.2) is 36.8 Å². The number of carbonyl (C=O) groups is 1. The molecule has 0 saturated carbocycles. The Bertz CT molecular complexity index is 1230. The summed E-state index contributed by atoms with van der Waals surface area (Å²) in [4.78, 5) is 25.8. The third-order valence-electron chi connectivity index (χ3n) is 5.20. The molecule has 0 bridgehead atoms. The minimum Gasteiger partial charge on any atom is -0.311 e. The zero-order chi connectivity index (χ0) is 22.2. The van der Waals surface area contributed by atoms with Crippen molar-refractivity contribution < 1.29 is 4.79 Å². The van der Waals surface area contributed by atoms with Crippen molar-refractivity contribution in [3.8, 4) is 5.82 Å². The van der Waals surface area contributed by atoms with Gasteiger partial charge in [-0.2, -0.15) is 19.9 Å². The van der Waals surface area contributed by atoms with Crippen molar-refractivity contribution in [2.75, 3.05) is 5.32 Å². The van der Waals surface area contributed by atoms with Crippen LogP contribution in [0.4, 0.5) is 5.82 Å². The Morgan fingerprint density at radius 1 is 1.16 bits per heavy atom. The second-order valence-corrected chi connectivity index (χ2v) is 8.55. The van der Waals surface area contributed by atoms with Crippen molar-refractivity contribution in [1.29, 1.82) is 0 Å². The quantitative estimate of drug-likeness (QED) is 0.534. The first-order valence-corrected chi connectivity index (χ1v) is 10.2. The number of rotatable bonds is 5. The fourth-order valence-corrected chi connectivity index (χ4v) is 3.45. The van der Waals surface area contributed by atoms with E-state index in [2.05, 4.69) is 46.1 Å². The number of nitrogens with one attached hydrogen (secondary N) is 1. The molecule has 0 radical (unpaired) electrons. The van der Waals surface area contributed by atoms with E-state index in [0.717, 1.165) is 22.6 Å². The minimum absolute atomic E-state index is 0.102. The smallest absolute Gasteiger partial charge is 0.252 e. The van der Waals surface area contributed by atoms with Crippen LogP contribution in [0.25, 0.3) is 11.6 Å². The van der Waals surface area contributed by atoms with Crippen LogP contribution in [-0.4, -0.2) is 40.3 Å². The van der Waals surface area contributed by atoms with Crippen molar-refractivity contribution in [3.63, 3.8) is 0 Å². The number of hydrogen-bond acceptors (Lipinski definition) is 6. The average molecular weight is 419 g/mol. The molecule has 9 heteroatoms. The molecule has 0 spiro atoms. The molecule has 0 fully saturated rings. The zero-order valence-corrected chi connectivity index (χ0v) is 18.4. The summed E-state index contributed by atoms with van der Waals surface area (Å²) in [7, 11) is 0. The maximum atomic E-state index is 12.8. The normalized spacial score (nSPS) is 11.8. The molecular weight excluding hydrogens is 392 g/mol. The SMILES string of the molecule is Cc1nc2ncnn2c(C)c1CCC(=O)Nc1cc(C(C)(C)C)nn1-c1ccccn1. The molecule has 31 heavy (non-hydrogen) atoms. The van der Waals surface area contributed by atoms with Gasteiger partial charge in [0.25, 0.3) is 5.78 Å². The van der Waals surface area contributed by atoms with Crippen LogP contribution in [0.3, 0.4) is 0 Å². The number of carbonyl (C=O) groups excluding carboxylic acids is 1. The summed E-state index contributed by atoms with van der Waals surface area (Å²) in [5.41, 5.74) is 3.52. The van der Waals surface area contributed by atoms with Crippen LogP contribution < -0.4 is 5.32 Å². The van der Waals surface area contributed by atoms with Crippen molar-refractivity contribution in [3.05, 3.63) is 59.4 Å². The Morgan fingerprint density at radius 3 is 2.68 bits per heavy atom. The first kappa shape index (κ1) is 20.6. The summed E-state index contributed by atoms with van der Waals surface area (Å²) < 4.78 is 3.38. The molecule has 4 aromatic rings. The predicted octanol–water partition coefficient (Wildman–Crippen LogP) is 3.19. The summed E-state index contributed by atoms with van der Waals surface area (Å²) >= 11 is 0. The highest BCUT2D eigenvalue weighted by molar-refractivity contribution is 5.90. The molecule has 0 aliphatic rings. The van der Waals surface area contributed by atoms with Crippen LogP contribution in [0.5, 0.6) is 0 Å². The van der Waals surface area contributed by atoms with Crippen LogP contribution in [0.1, 0.15) is 49.8 Å². The van der Waals surface area contributed by atoms with E-state index in [1.54, 1.807) is 15.4 Å². The molecule has 0 aliphatic carbocycles. The molecule has 0 saturated heterocycles. The molecule has 0 atom stereocenters. The molecule has 4 rings (SSSR count). The topological polar surface area (TPSA) is 103 Å². The molecular formula is C22H26N8O. The lowest BCUT2D eigenvalue weighted by Crippen LogP contribution is -2.17. The fourth-order valence-electron chi connectivity index (χ4n) is 3.45. The summed E-state index contributed by atoms with van der Waals surface area (Å²) in [6, 6.07) is 7.51. The largest absolute Gasteiger partial charge is 0.311 e. The van der Waals surface area contributed by atoms with E-state index in [1.807, 2.05) is 38.1 Å². The summed E-state index contributed by atoms with van der Waals surface area (Å²) in [5.74, 6) is 1.72. The van der Waals surface area contributed by atoms with E-state index in [1.165, 1.54) is 6.33 Å². The number of pyridine rings is 1. The zero-order valence-electron chi connectivity index (χ0n) is 18.4. The van der Waals surface area contributed by atoms with Gasteiger partial charge in [-0.1, -0.05) is 26.8 Å². The maximum Gasteiger partial charge on any atom is 0.252 e. The minimum atomic E-state index is -0.160. The van der Waals surface area contributed by atoms with Gasteiger partial charge in [0.1, 0.15) is 12.1 Å². The highest BCUT2D eigenvalue weighted by Gasteiger charge is 2.22. The van der Waals surface area contributed by atoms with Gasteiger partial charge in [-0.05, 0) is 38.0 Å². The van der Waals surface area contributed by atoms with Crippen LogP contribution in [0.2, 0.25) is 0 Å². The number of anilines is 1. The number of hydrogen-bond donors (Lipinski definition) is 1. The third-order valence-corrected chi connectivity index (χ3v) is 5.20. The van der Waals surface area contributed by atoms with Gasteiger partial charge >= 0.3 is 0 Å². The van der Waals surface area contributed by atoms with Crippen molar-refractivity contribution in [2.45, 2.75) is 52.9 Å². The van der Waals surface area contributed by atoms with Gasteiger partial charge in [-0.3, -0.25) is 4.79 Å². The Hall–Kier alpha value is -3.62. The predicted molar refractivity (Wildman–Crippen MR) is 117 cm³/mol. The number of amides is 1.